The molecule has 3 nitrogen and oxygen atoms in total. The minimum absolute atomic E-state index is 0.191. The van der Waals surface area contributed by atoms with E-state index in [4.69, 9.17) is 0 Å². The molecular weight excluding hydrogens is 284 g/mol. The molecule has 23 heavy (non-hydrogen) atoms. The molecule has 0 bridgehead atoms. The summed E-state index contributed by atoms with van der Waals surface area (Å²) in [7, 11) is 0. The van der Waals surface area contributed by atoms with E-state index in [9.17, 15) is 4.79 Å². The number of nitrogens with zero attached hydrogens (tertiary/aromatic N) is 1. The number of hydrogen-bond acceptors (Lipinski definition) is 2. The maximum Gasteiger partial charge on any atom is 0.272 e. The van der Waals surface area contributed by atoms with Gasteiger partial charge in [0.1, 0.15) is 0 Å². The molecule has 0 heterocycles. The Labute approximate surface area is 135 Å². The predicted molar refractivity (Wildman–Crippen MR) is 94.7 cm³/mol. The van der Waals surface area contributed by atoms with Crippen LogP contribution in [0.15, 0.2) is 77.9 Å². The Morgan fingerprint density at radius 2 is 1.61 bits per heavy atom. The lowest BCUT2D eigenvalue weighted by molar-refractivity contribution is 0.0956. The van der Waals surface area contributed by atoms with E-state index >= 15 is 0 Å². The normalized spacial score (nSPS) is 11.4. The average Bonchev–Trinajstić information content (AvgIpc) is 2.62. The summed E-state index contributed by atoms with van der Waals surface area (Å²) in [5, 5.41) is 6.29. The fourth-order valence-electron chi connectivity index (χ4n) is 2.58. The lowest BCUT2D eigenvalue weighted by Gasteiger charge is -2.07. The largest absolute Gasteiger partial charge is 0.272 e. The van der Waals surface area contributed by atoms with Crippen molar-refractivity contribution in [1.82, 2.24) is 5.43 Å². The summed E-state index contributed by atoms with van der Waals surface area (Å²) in [6, 6.07) is 23.4. The van der Waals surface area contributed by atoms with Crippen LogP contribution in [0.3, 0.4) is 0 Å². The monoisotopic (exact) mass is 302 g/mol. The smallest absolute Gasteiger partial charge is 0.267 e. The predicted octanol–water partition coefficient (Wildman–Crippen LogP) is 4.38. The van der Waals surface area contributed by atoms with Crippen LogP contribution < -0.4 is 5.43 Å². The van der Waals surface area contributed by atoms with E-state index in [1.54, 1.807) is 0 Å². The number of rotatable bonds is 4. The number of fused-ring (bicyclic) bond motifs is 1. The summed E-state index contributed by atoms with van der Waals surface area (Å²) in [5.41, 5.74) is 5.21. The topological polar surface area (TPSA) is 41.5 Å². The van der Waals surface area contributed by atoms with E-state index in [-0.39, 0.29) is 5.91 Å². The highest BCUT2D eigenvalue weighted by Crippen LogP contribution is 2.18. The van der Waals surface area contributed by atoms with Gasteiger partial charge in [-0.2, -0.15) is 5.10 Å². The first-order valence-corrected chi connectivity index (χ1v) is 7.69. The van der Waals surface area contributed by atoms with Gasteiger partial charge in [-0.05, 0) is 28.8 Å². The summed E-state index contributed by atoms with van der Waals surface area (Å²) < 4.78 is 0. The van der Waals surface area contributed by atoms with E-state index in [2.05, 4.69) is 10.5 Å². The van der Waals surface area contributed by atoms with E-state index in [1.807, 2.05) is 79.7 Å². The maximum absolute atomic E-state index is 12.5. The summed E-state index contributed by atoms with van der Waals surface area (Å²) in [6.07, 6.45) is 0.750. The van der Waals surface area contributed by atoms with Crippen LogP contribution in [0, 0.1) is 0 Å². The molecular formula is C20H18N2O. The zero-order valence-electron chi connectivity index (χ0n) is 13.0. The first kappa shape index (κ1) is 15.0. The van der Waals surface area contributed by atoms with Crippen LogP contribution in [-0.2, 0) is 0 Å². The molecule has 0 aliphatic rings. The molecule has 1 amide bonds. The summed E-state index contributed by atoms with van der Waals surface area (Å²) in [5.74, 6) is -0.191. The molecule has 0 spiro atoms. The molecule has 0 fully saturated rings. The van der Waals surface area contributed by atoms with E-state index < -0.39 is 0 Å². The van der Waals surface area contributed by atoms with Gasteiger partial charge in [0.05, 0.1) is 5.71 Å². The Morgan fingerprint density at radius 3 is 2.39 bits per heavy atom. The number of hydrogen-bond donors (Lipinski definition) is 1. The van der Waals surface area contributed by atoms with Crippen molar-refractivity contribution in [3.8, 4) is 0 Å². The minimum Gasteiger partial charge on any atom is -0.267 e. The SMILES string of the molecule is CCC(=NNC(=O)c1cccc2ccccc12)c1ccccc1. The molecule has 0 unspecified atom stereocenters. The van der Waals surface area contributed by atoms with Crippen LogP contribution in [0.25, 0.3) is 10.8 Å². The van der Waals surface area contributed by atoms with Gasteiger partial charge in [0.2, 0.25) is 0 Å². The third kappa shape index (κ3) is 3.29. The third-order valence-corrected chi connectivity index (χ3v) is 3.77. The van der Waals surface area contributed by atoms with Crippen LogP contribution in [0.2, 0.25) is 0 Å². The van der Waals surface area contributed by atoms with Gasteiger partial charge in [-0.1, -0.05) is 73.7 Å². The summed E-state index contributed by atoms with van der Waals surface area (Å²) in [4.78, 5) is 12.5. The number of hydrazone groups is 1. The standard InChI is InChI=1S/C20H18N2O/c1-2-19(16-10-4-3-5-11-16)21-22-20(23)18-14-8-12-15-9-6-7-13-17(15)18/h3-14H,2H2,1H3,(H,22,23). The van der Waals surface area contributed by atoms with Crippen molar-refractivity contribution in [3.63, 3.8) is 0 Å². The first-order valence-electron chi connectivity index (χ1n) is 7.69. The molecule has 3 aromatic rings. The van der Waals surface area contributed by atoms with Gasteiger partial charge >= 0.3 is 0 Å². The Hall–Kier alpha value is -2.94. The Bertz CT molecular complexity index is 848. The van der Waals surface area contributed by atoms with Crippen molar-refractivity contribution in [2.75, 3.05) is 0 Å². The molecule has 0 saturated heterocycles. The van der Waals surface area contributed by atoms with Gasteiger partial charge in [0, 0.05) is 5.56 Å². The second-order valence-electron chi connectivity index (χ2n) is 5.25. The quantitative estimate of drug-likeness (QED) is 0.564. The molecule has 1 N–H and O–H groups in total. The van der Waals surface area contributed by atoms with Gasteiger partial charge in [-0.15, -0.1) is 0 Å². The van der Waals surface area contributed by atoms with Gasteiger partial charge in [-0.25, -0.2) is 5.43 Å². The molecule has 114 valence electrons. The first-order chi connectivity index (χ1) is 11.3. The molecule has 3 heteroatoms. The van der Waals surface area contributed by atoms with Gasteiger partial charge in [0.15, 0.2) is 0 Å². The van der Waals surface area contributed by atoms with Crippen molar-refractivity contribution < 1.29 is 4.79 Å². The maximum atomic E-state index is 12.5. The lowest BCUT2D eigenvalue weighted by Crippen LogP contribution is -2.20. The fourth-order valence-corrected chi connectivity index (χ4v) is 2.58. The highest BCUT2D eigenvalue weighted by atomic mass is 16.2. The number of benzene rings is 3. The summed E-state index contributed by atoms with van der Waals surface area (Å²) >= 11 is 0. The summed E-state index contributed by atoms with van der Waals surface area (Å²) in [6.45, 7) is 2.02. The lowest BCUT2D eigenvalue weighted by atomic mass is 10.0. The Balaban J connectivity index is 1.87. The number of carbonyl (C=O) groups is 1. The zero-order valence-corrected chi connectivity index (χ0v) is 13.0. The molecule has 3 rings (SSSR count). The van der Waals surface area contributed by atoms with Crippen molar-refractivity contribution in [1.29, 1.82) is 0 Å². The second kappa shape index (κ2) is 6.88. The van der Waals surface area contributed by atoms with Crippen LogP contribution in [0.5, 0.6) is 0 Å². The fraction of sp³-hybridized carbons (Fsp3) is 0.100. The van der Waals surface area contributed by atoms with E-state index in [0.29, 0.717) is 5.56 Å². The Kier molecular flexibility index (Phi) is 4.48. The molecule has 3 aromatic carbocycles. The molecule has 0 atom stereocenters. The van der Waals surface area contributed by atoms with Crippen LogP contribution in [0.4, 0.5) is 0 Å². The van der Waals surface area contributed by atoms with Crippen LogP contribution >= 0.6 is 0 Å². The highest BCUT2D eigenvalue weighted by molar-refractivity contribution is 6.08. The van der Waals surface area contributed by atoms with E-state index in [0.717, 1.165) is 28.5 Å². The van der Waals surface area contributed by atoms with Gasteiger partial charge in [-0.3, -0.25) is 4.79 Å². The third-order valence-electron chi connectivity index (χ3n) is 3.77. The van der Waals surface area contributed by atoms with Gasteiger partial charge < -0.3 is 0 Å². The molecule has 0 radical (unpaired) electrons. The van der Waals surface area contributed by atoms with E-state index in [1.165, 1.54) is 0 Å². The number of amides is 1. The van der Waals surface area contributed by atoms with Crippen molar-refractivity contribution in [3.05, 3.63) is 83.9 Å². The molecule has 0 saturated carbocycles. The van der Waals surface area contributed by atoms with Crippen molar-refractivity contribution in [2.24, 2.45) is 5.10 Å². The molecule has 0 aromatic heterocycles. The molecule has 0 aliphatic heterocycles. The average molecular weight is 302 g/mol. The molecule has 0 aliphatic carbocycles. The van der Waals surface area contributed by atoms with Gasteiger partial charge in [0.25, 0.3) is 5.91 Å². The van der Waals surface area contributed by atoms with Crippen LogP contribution in [-0.4, -0.2) is 11.6 Å². The second-order valence-corrected chi connectivity index (χ2v) is 5.25. The number of nitrogens with one attached hydrogen (secondary N) is 1. The number of carbonyl (C=O) groups excluding carboxylic acids is 1. The minimum atomic E-state index is -0.191. The van der Waals surface area contributed by atoms with Crippen LogP contribution in [0.1, 0.15) is 29.3 Å². The highest BCUT2D eigenvalue weighted by Gasteiger charge is 2.09. The van der Waals surface area contributed by atoms with Crippen molar-refractivity contribution in [2.45, 2.75) is 13.3 Å². The zero-order chi connectivity index (χ0) is 16.1. The van der Waals surface area contributed by atoms with Crippen molar-refractivity contribution >= 4 is 22.4 Å². The Morgan fingerprint density at radius 1 is 0.913 bits per heavy atom.